The molecule has 2 N–H and O–H groups in total. The highest BCUT2D eigenvalue weighted by molar-refractivity contribution is 5.93. The Morgan fingerprint density at radius 1 is 1.28 bits per heavy atom. The molecule has 0 saturated heterocycles. The van der Waals surface area contributed by atoms with Crippen LogP contribution in [0.4, 0.5) is 5.69 Å². The van der Waals surface area contributed by atoms with Crippen molar-refractivity contribution in [2.75, 3.05) is 19.5 Å². The Morgan fingerprint density at radius 3 is 2.72 bits per heavy atom. The zero-order chi connectivity index (χ0) is 13.4. The van der Waals surface area contributed by atoms with Crippen LogP contribution in [-0.4, -0.2) is 19.7 Å². The number of hydrogen-bond acceptors (Lipinski definition) is 4. The van der Waals surface area contributed by atoms with Gasteiger partial charge in [-0.2, -0.15) is 0 Å². The van der Waals surface area contributed by atoms with E-state index in [0.29, 0.717) is 23.6 Å². The van der Waals surface area contributed by atoms with Gasteiger partial charge >= 0.3 is 5.97 Å². The number of methoxy groups -OCH3 is 1. The molecule has 100 valence electrons. The minimum absolute atomic E-state index is 0.382. The maximum atomic E-state index is 11.6. The molecule has 1 rings (SSSR count). The largest absolute Gasteiger partial charge is 0.493 e. The molecule has 0 aliphatic heterocycles. The minimum Gasteiger partial charge on any atom is -0.493 e. The van der Waals surface area contributed by atoms with Gasteiger partial charge in [0.2, 0.25) is 0 Å². The number of benzene rings is 1. The number of ether oxygens (including phenoxy) is 2. The first-order chi connectivity index (χ1) is 8.69. The van der Waals surface area contributed by atoms with Crippen molar-refractivity contribution < 1.29 is 14.3 Å². The highest BCUT2D eigenvalue weighted by Gasteiger charge is 2.13. The Labute approximate surface area is 108 Å². The molecule has 0 saturated carbocycles. The molecule has 18 heavy (non-hydrogen) atoms. The Kier molecular flexibility index (Phi) is 6.05. The third-order valence-corrected chi connectivity index (χ3v) is 2.66. The predicted octanol–water partition coefficient (Wildman–Crippen LogP) is 3.01. The van der Waals surface area contributed by atoms with E-state index in [9.17, 15) is 4.79 Å². The lowest BCUT2D eigenvalue weighted by Gasteiger charge is -2.10. The SMILES string of the molecule is CCCCCCOc1ccc(N)cc1C(=O)OC. The van der Waals surface area contributed by atoms with Crippen molar-refractivity contribution in [2.24, 2.45) is 0 Å². The lowest BCUT2D eigenvalue weighted by Crippen LogP contribution is -2.07. The molecule has 0 aliphatic carbocycles. The molecule has 0 heterocycles. The van der Waals surface area contributed by atoms with Crippen LogP contribution in [0.15, 0.2) is 18.2 Å². The number of unbranched alkanes of at least 4 members (excludes halogenated alkanes) is 3. The summed E-state index contributed by atoms with van der Waals surface area (Å²) in [6.07, 6.45) is 4.52. The second kappa shape index (κ2) is 7.58. The van der Waals surface area contributed by atoms with E-state index < -0.39 is 5.97 Å². The van der Waals surface area contributed by atoms with E-state index in [1.807, 2.05) is 0 Å². The van der Waals surface area contributed by atoms with E-state index >= 15 is 0 Å². The summed E-state index contributed by atoms with van der Waals surface area (Å²) in [6.45, 7) is 2.77. The number of nitrogen functional groups attached to an aromatic ring is 1. The molecule has 0 radical (unpaired) electrons. The Hall–Kier alpha value is -1.71. The fourth-order valence-corrected chi connectivity index (χ4v) is 1.65. The molecule has 0 spiro atoms. The number of rotatable bonds is 7. The monoisotopic (exact) mass is 251 g/mol. The van der Waals surface area contributed by atoms with Crippen molar-refractivity contribution >= 4 is 11.7 Å². The van der Waals surface area contributed by atoms with Crippen molar-refractivity contribution in [3.05, 3.63) is 23.8 Å². The van der Waals surface area contributed by atoms with Gasteiger partial charge in [0.05, 0.1) is 13.7 Å². The van der Waals surface area contributed by atoms with Crippen LogP contribution in [0.25, 0.3) is 0 Å². The van der Waals surface area contributed by atoms with Gasteiger partial charge in [0, 0.05) is 5.69 Å². The van der Waals surface area contributed by atoms with Crippen LogP contribution >= 0.6 is 0 Å². The van der Waals surface area contributed by atoms with Crippen molar-refractivity contribution in [1.29, 1.82) is 0 Å². The zero-order valence-corrected chi connectivity index (χ0v) is 11.1. The number of carbonyl (C=O) groups is 1. The van der Waals surface area contributed by atoms with Gasteiger partial charge in [-0.1, -0.05) is 26.2 Å². The van der Waals surface area contributed by atoms with E-state index in [1.165, 1.54) is 20.0 Å². The van der Waals surface area contributed by atoms with Gasteiger partial charge in [-0.3, -0.25) is 0 Å². The van der Waals surface area contributed by atoms with Crippen LogP contribution in [0.2, 0.25) is 0 Å². The van der Waals surface area contributed by atoms with Crippen molar-refractivity contribution in [3.8, 4) is 5.75 Å². The van der Waals surface area contributed by atoms with Crippen LogP contribution in [0.5, 0.6) is 5.75 Å². The van der Waals surface area contributed by atoms with Crippen molar-refractivity contribution in [3.63, 3.8) is 0 Å². The van der Waals surface area contributed by atoms with Gasteiger partial charge in [-0.05, 0) is 24.6 Å². The summed E-state index contributed by atoms with van der Waals surface area (Å²) in [7, 11) is 1.34. The van der Waals surface area contributed by atoms with Gasteiger partial charge in [0.25, 0.3) is 0 Å². The Morgan fingerprint density at radius 2 is 2.06 bits per heavy atom. The van der Waals surface area contributed by atoms with E-state index in [0.717, 1.165) is 12.8 Å². The number of anilines is 1. The normalized spacial score (nSPS) is 10.1. The van der Waals surface area contributed by atoms with E-state index in [1.54, 1.807) is 18.2 Å². The standard InChI is InChI=1S/C14H21NO3/c1-3-4-5-6-9-18-13-8-7-11(15)10-12(13)14(16)17-2/h7-8,10H,3-6,9,15H2,1-2H3. The molecule has 0 unspecified atom stereocenters. The number of nitrogens with two attached hydrogens (primary N) is 1. The summed E-state index contributed by atoms with van der Waals surface area (Å²) in [4.78, 5) is 11.6. The fourth-order valence-electron chi connectivity index (χ4n) is 1.65. The van der Waals surface area contributed by atoms with E-state index in [2.05, 4.69) is 6.92 Å². The molecule has 1 aromatic rings. The maximum absolute atomic E-state index is 11.6. The zero-order valence-electron chi connectivity index (χ0n) is 11.1. The van der Waals surface area contributed by atoms with Crippen LogP contribution in [0, 0.1) is 0 Å². The van der Waals surface area contributed by atoms with Gasteiger partial charge in [-0.15, -0.1) is 0 Å². The maximum Gasteiger partial charge on any atom is 0.341 e. The number of carbonyl (C=O) groups excluding carboxylic acids is 1. The first-order valence-corrected chi connectivity index (χ1v) is 6.29. The Balaban J connectivity index is 2.61. The summed E-state index contributed by atoms with van der Waals surface area (Å²) >= 11 is 0. The summed E-state index contributed by atoms with van der Waals surface area (Å²) in [6, 6.07) is 5.00. The summed E-state index contributed by atoms with van der Waals surface area (Å²) < 4.78 is 10.3. The predicted molar refractivity (Wildman–Crippen MR) is 71.8 cm³/mol. The second-order valence-electron chi connectivity index (χ2n) is 4.16. The molecule has 0 aliphatic rings. The fraction of sp³-hybridized carbons (Fsp3) is 0.500. The molecule has 4 nitrogen and oxygen atoms in total. The quantitative estimate of drug-likeness (QED) is 0.459. The lowest BCUT2D eigenvalue weighted by atomic mass is 10.1. The third-order valence-electron chi connectivity index (χ3n) is 2.66. The molecule has 0 atom stereocenters. The Bertz CT molecular complexity index is 391. The molecular formula is C14H21NO3. The van der Waals surface area contributed by atoms with Crippen LogP contribution in [0.1, 0.15) is 43.0 Å². The average molecular weight is 251 g/mol. The van der Waals surface area contributed by atoms with Crippen LogP contribution in [-0.2, 0) is 4.74 Å². The molecule has 0 aromatic heterocycles. The average Bonchev–Trinajstić information content (AvgIpc) is 2.39. The topological polar surface area (TPSA) is 61.5 Å². The molecule has 0 amide bonds. The summed E-state index contributed by atoms with van der Waals surface area (Å²) in [5, 5.41) is 0. The molecule has 0 bridgehead atoms. The smallest absolute Gasteiger partial charge is 0.341 e. The molecular weight excluding hydrogens is 230 g/mol. The minimum atomic E-state index is -0.425. The second-order valence-corrected chi connectivity index (χ2v) is 4.16. The van der Waals surface area contributed by atoms with E-state index in [-0.39, 0.29) is 0 Å². The van der Waals surface area contributed by atoms with Crippen LogP contribution < -0.4 is 10.5 Å². The highest BCUT2D eigenvalue weighted by atomic mass is 16.5. The van der Waals surface area contributed by atoms with Gasteiger partial charge < -0.3 is 15.2 Å². The first-order valence-electron chi connectivity index (χ1n) is 6.29. The van der Waals surface area contributed by atoms with Gasteiger partial charge in [0.1, 0.15) is 11.3 Å². The van der Waals surface area contributed by atoms with Gasteiger partial charge in [-0.25, -0.2) is 4.79 Å². The van der Waals surface area contributed by atoms with Gasteiger partial charge in [0.15, 0.2) is 0 Å². The molecule has 0 fully saturated rings. The lowest BCUT2D eigenvalue weighted by molar-refractivity contribution is 0.0596. The van der Waals surface area contributed by atoms with Crippen molar-refractivity contribution in [1.82, 2.24) is 0 Å². The number of esters is 1. The molecule has 1 aromatic carbocycles. The van der Waals surface area contributed by atoms with Crippen molar-refractivity contribution in [2.45, 2.75) is 32.6 Å². The summed E-state index contributed by atoms with van der Waals surface area (Å²) in [5.74, 6) is 0.110. The van der Waals surface area contributed by atoms with E-state index in [4.69, 9.17) is 15.2 Å². The summed E-state index contributed by atoms with van der Waals surface area (Å²) in [5.41, 5.74) is 6.56. The molecule has 4 heteroatoms. The first kappa shape index (κ1) is 14.4. The highest BCUT2D eigenvalue weighted by Crippen LogP contribution is 2.22. The number of hydrogen-bond donors (Lipinski definition) is 1. The third kappa shape index (κ3) is 4.28. The van der Waals surface area contributed by atoms with Crippen LogP contribution in [0.3, 0.4) is 0 Å².